The van der Waals surface area contributed by atoms with E-state index in [2.05, 4.69) is 5.32 Å². The van der Waals surface area contributed by atoms with Gasteiger partial charge in [-0.2, -0.15) is 0 Å². The quantitative estimate of drug-likeness (QED) is 0.866. The fraction of sp³-hybridized carbons (Fsp3) is 0.529. The molecule has 1 unspecified atom stereocenters. The van der Waals surface area contributed by atoms with E-state index < -0.39 is 6.04 Å². The number of hydrogen-bond donors (Lipinski definition) is 1. The van der Waals surface area contributed by atoms with Crippen LogP contribution in [-0.2, 0) is 16.0 Å². The highest BCUT2D eigenvalue weighted by Crippen LogP contribution is 2.33. The second kappa shape index (κ2) is 6.29. The predicted octanol–water partition coefficient (Wildman–Crippen LogP) is 1.75. The monoisotopic (exact) mass is 286 g/mol. The number of nitrogens with one attached hydrogen (secondary N) is 1. The molecular weight excluding hydrogens is 264 g/mol. The van der Waals surface area contributed by atoms with Gasteiger partial charge < -0.3 is 10.2 Å². The van der Waals surface area contributed by atoms with Crippen LogP contribution in [0.15, 0.2) is 30.3 Å². The molecule has 2 aliphatic rings. The molecular formula is C17H22N2O2. The topological polar surface area (TPSA) is 49.4 Å². The SMILES string of the molecule is O=C1CN(CCCC2CC2)C(=O)C(Cc2ccccc2)N1. The number of rotatable bonds is 6. The average Bonchev–Trinajstić information content (AvgIpc) is 3.29. The van der Waals surface area contributed by atoms with Crippen molar-refractivity contribution in [2.75, 3.05) is 13.1 Å². The van der Waals surface area contributed by atoms with Crippen LogP contribution in [0.3, 0.4) is 0 Å². The number of hydrogen-bond acceptors (Lipinski definition) is 2. The molecule has 2 fully saturated rings. The van der Waals surface area contributed by atoms with Gasteiger partial charge in [-0.1, -0.05) is 43.2 Å². The fourth-order valence-electron chi connectivity index (χ4n) is 2.93. The van der Waals surface area contributed by atoms with Crippen molar-refractivity contribution in [3.63, 3.8) is 0 Å². The number of carbonyl (C=O) groups is 2. The van der Waals surface area contributed by atoms with E-state index in [1.54, 1.807) is 4.90 Å². The van der Waals surface area contributed by atoms with Gasteiger partial charge in [-0.05, 0) is 24.3 Å². The first-order valence-corrected chi connectivity index (χ1v) is 7.84. The van der Waals surface area contributed by atoms with Crippen LogP contribution in [0.2, 0.25) is 0 Å². The Bertz CT molecular complexity index is 511. The van der Waals surface area contributed by atoms with E-state index in [0.717, 1.165) is 17.9 Å². The van der Waals surface area contributed by atoms with Crippen molar-refractivity contribution >= 4 is 11.8 Å². The first kappa shape index (κ1) is 14.1. The Morgan fingerprint density at radius 3 is 2.62 bits per heavy atom. The summed E-state index contributed by atoms with van der Waals surface area (Å²) in [6.07, 6.45) is 5.46. The lowest BCUT2D eigenvalue weighted by molar-refractivity contribution is -0.144. The van der Waals surface area contributed by atoms with Crippen LogP contribution in [0.25, 0.3) is 0 Å². The number of benzene rings is 1. The van der Waals surface area contributed by atoms with Crippen molar-refractivity contribution < 1.29 is 9.59 Å². The lowest BCUT2D eigenvalue weighted by atomic mass is 10.0. The van der Waals surface area contributed by atoms with Gasteiger partial charge in [0.15, 0.2) is 0 Å². The predicted molar refractivity (Wildman–Crippen MR) is 80.6 cm³/mol. The molecule has 112 valence electrons. The summed E-state index contributed by atoms with van der Waals surface area (Å²) in [7, 11) is 0. The van der Waals surface area contributed by atoms with Gasteiger partial charge >= 0.3 is 0 Å². The minimum Gasteiger partial charge on any atom is -0.342 e. The van der Waals surface area contributed by atoms with Crippen LogP contribution in [0, 0.1) is 5.92 Å². The highest BCUT2D eigenvalue weighted by atomic mass is 16.2. The van der Waals surface area contributed by atoms with Crippen LogP contribution >= 0.6 is 0 Å². The summed E-state index contributed by atoms with van der Waals surface area (Å²) < 4.78 is 0. The molecule has 4 heteroatoms. The molecule has 0 spiro atoms. The molecule has 1 aromatic rings. The molecule has 2 amide bonds. The molecule has 0 radical (unpaired) electrons. The van der Waals surface area contributed by atoms with Crippen molar-refractivity contribution in [3.05, 3.63) is 35.9 Å². The second-order valence-electron chi connectivity index (χ2n) is 6.16. The zero-order valence-corrected chi connectivity index (χ0v) is 12.3. The van der Waals surface area contributed by atoms with Gasteiger partial charge in [-0.25, -0.2) is 0 Å². The van der Waals surface area contributed by atoms with E-state index >= 15 is 0 Å². The third kappa shape index (κ3) is 3.84. The number of piperazine rings is 1. The largest absolute Gasteiger partial charge is 0.342 e. The Kier molecular flexibility index (Phi) is 4.23. The maximum absolute atomic E-state index is 12.5. The lowest BCUT2D eigenvalue weighted by Crippen LogP contribution is -2.58. The third-order valence-corrected chi connectivity index (χ3v) is 4.30. The molecule has 1 N–H and O–H groups in total. The Morgan fingerprint density at radius 1 is 1.14 bits per heavy atom. The van der Waals surface area contributed by atoms with Crippen LogP contribution in [0.4, 0.5) is 0 Å². The van der Waals surface area contributed by atoms with Gasteiger partial charge in [-0.15, -0.1) is 0 Å². The summed E-state index contributed by atoms with van der Waals surface area (Å²) in [5.74, 6) is 0.898. The van der Waals surface area contributed by atoms with E-state index in [-0.39, 0.29) is 18.4 Å². The van der Waals surface area contributed by atoms with Gasteiger partial charge in [-0.3, -0.25) is 9.59 Å². The van der Waals surface area contributed by atoms with Crippen LogP contribution in [0.5, 0.6) is 0 Å². The first-order chi connectivity index (χ1) is 10.2. The smallest absolute Gasteiger partial charge is 0.245 e. The fourth-order valence-corrected chi connectivity index (χ4v) is 2.93. The van der Waals surface area contributed by atoms with Crippen molar-refractivity contribution in [1.82, 2.24) is 10.2 Å². The van der Waals surface area contributed by atoms with Crippen LogP contribution in [0.1, 0.15) is 31.2 Å². The first-order valence-electron chi connectivity index (χ1n) is 7.84. The van der Waals surface area contributed by atoms with Crippen molar-refractivity contribution in [2.24, 2.45) is 5.92 Å². The zero-order chi connectivity index (χ0) is 14.7. The van der Waals surface area contributed by atoms with E-state index in [9.17, 15) is 9.59 Å². The molecule has 1 aromatic carbocycles. The summed E-state index contributed by atoms with van der Waals surface area (Å²) >= 11 is 0. The lowest BCUT2D eigenvalue weighted by Gasteiger charge is -2.32. The maximum atomic E-state index is 12.5. The van der Waals surface area contributed by atoms with E-state index in [4.69, 9.17) is 0 Å². The Balaban J connectivity index is 1.57. The number of amides is 2. The summed E-state index contributed by atoms with van der Waals surface area (Å²) in [5.41, 5.74) is 1.08. The Hall–Kier alpha value is -1.84. The van der Waals surface area contributed by atoms with E-state index in [1.165, 1.54) is 19.3 Å². The van der Waals surface area contributed by atoms with Crippen LogP contribution < -0.4 is 5.32 Å². The normalized spacial score (nSPS) is 22.3. The minimum absolute atomic E-state index is 0.0399. The minimum atomic E-state index is -0.408. The van der Waals surface area contributed by atoms with Gasteiger partial charge in [0.05, 0.1) is 6.54 Å². The Morgan fingerprint density at radius 2 is 1.90 bits per heavy atom. The Labute approximate surface area is 125 Å². The highest BCUT2D eigenvalue weighted by molar-refractivity contribution is 5.95. The molecule has 1 aliphatic heterocycles. The molecule has 0 aromatic heterocycles. The van der Waals surface area contributed by atoms with Gasteiger partial charge in [0.25, 0.3) is 0 Å². The number of carbonyl (C=O) groups excluding carboxylic acids is 2. The van der Waals surface area contributed by atoms with Gasteiger partial charge in [0.1, 0.15) is 6.04 Å². The molecule has 0 bridgehead atoms. The highest BCUT2D eigenvalue weighted by Gasteiger charge is 2.32. The zero-order valence-electron chi connectivity index (χ0n) is 12.3. The standard InChI is InChI=1S/C17H22N2O2/c20-16-12-19(10-4-7-13-8-9-13)17(21)15(18-16)11-14-5-2-1-3-6-14/h1-3,5-6,13,15H,4,7-12H2,(H,18,20). The van der Waals surface area contributed by atoms with Gasteiger partial charge in [0, 0.05) is 13.0 Å². The average molecular weight is 286 g/mol. The molecule has 1 saturated heterocycles. The maximum Gasteiger partial charge on any atom is 0.245 e. The van der Waals surface area contributed by atoms with Crippen LogP contribution in [-0.4, -0.2) is 35.8 Å². The molecule has 1 atom stereocenters. The molecule has 1 saturated carbocycles. The van der Waals surface area contributed by atoms with Crippen molar-refractivity contribution in [2.45, 2.75) is 38.1 Å². The van der Waals surface area contributed by atoms with Crippen molar-refractivity contribution in [3.8, 4) is 0 Å². The molecule has 1 heterocycles. The summed E-state index contributed by atoms with van der Waals surface area (Å²) in [5, 5.41) is 2.83. The summed E-state index contributed by atoms with van der Waals surface area (Å²) in [6, 6.07) is 9.44. The van der Waals surface area contributed by atoms with Crippen molar-refractivity contribution in [1.29, 1.82) is 0 Å². The van der Waals surface area contributed by atoms with Gasteiger partial charge in [0.2, 0.25) is 11.8 Å². The molecule has 4 nitrogen and oxygen atoms in total. The molecule has 3 rings (SSSR count). The third-order valence-electron chi connectivity index (χ3n) is 4.30. The molecule has 21 heavy (non-hydrogen) atoms. The summed E-state index contributed by atoms with van der Waals surface area (Å²) in [4.78, 5) is 26.0. The van der Waals surface area contributed by atoms with E-state index in [1.807, 2.05) is 30.3 Å². The molecule has 1 aliphatic carbocycles. The second-order valence-corrected chi connectivity index (χ2v) is 6.16. The summed E-state index contributed by atoms with van der Waals surface area (Å²) in [6.45, 7) is 0.933. The number of nitrogens with zero attached hydrogens (tertiary/aromatic N) is 1. The van der Waals surface area contributed by atoms with E-state index in [0.29, 0.717) is 13.0 Å².